The molecular formula is C18H24N2O. The van der Waals surface area contributed by atoms with Crippen molar-refractivity contribution in [3.05, 3.63) is 59.4 Å². The van der Waals surface area contributed by atoms with E-state index in [1.165, 1.54) is 11.1 Å². The fraction of sp³-hybridized carbons (Fsp3) is 0.389. The minimum atomic E-state index is 0.216. The first-order valence-electron chi connectivity index (χ1n) is 7.61. The van der Waals surface area contributed by atoms with Crippen molar-refractivity contribution in [1.82, 2.24) is 10.3 Å². The highest BCUT2D eigenvalue weighted by Crippen LogP contribution is 2.27. The SMILES string of the molecule is CCNC(Cc1ccc(C)cn1)c1ccccc1OCC. The number of aryl methyl sites for hydroxylation is 1. The van der Waals surface area contributed by atoms with Crippen molar-refractivity contribution in [3.63, 3.8) is 0 Å². The van der Waals surface area contributed by atoms with Crippen molar-refractivity contribution in [3.8, 4) is 5.75 Å². The van der Waals surface area contributed by atoms with Crippen LogP contribution in [0.25, 0.3) is 0 Å². The molecule has 0 fully saturated rings. The number of ether oxygens (including phenoxy) is 1. The standard InChI is InChI=1S/C18H24N2O/c1-4-19-17(12-15-11-10-14(3)13-20-15)16-8-6-7-9-18(16)21-5-2/h6-11,13,17,19H,4-5,12H2,1-3H3. The Bertz CT molecular complexity index is 551. The summed E-state index contributed by atoms with van der Waals surface area (Å²) in [7, 11) is 0. The van der Waals surface area contributed by atoms with E-state index in [9.17, 15) is 0 Å². The van der Waals surface area contributed by atoms with Gasteiger partial charge in [-0.15, -0.1) is 0 Å². The molecule has 0 saturated heterocycles. The summed E-state index contributed by atoms with van der Waals surface area (Å²) in [6.45, 7) is 7.79. The number of aromatic nitrogens is 1. The molecule has 0 aliphatic carbocycles. The fourth-order valence-corrected chi connectivity index (χ4v) is 2.42. The van der Waals surface area contributed by atoms with Gasteiger partial charge in [0.15, 0.2) is 0 Å². The molecule has 2 rings (SSSR count). The normalized spacial score (nSPS) is 12.1. The van der Waals surface area contributed by atoms with Crippen LogP contribution in [0.3, 0.4) is 0 Å². The van der Waals surface area contributed by atoms with Crippen molar-refractivity contribution in [2.45, 2.75) is 33.2 Å². The van der Waals surface area contributed by atoms with E-state index in [1.54, 1.807) is 0 Å². The Morgan fingerprint density at radius 3 is 2.62 bits per heavy atom. The summed E-state index contributed by atoms with van der Waals surface area (Å²) in [5, 5.41) is 3.54. The molecule has 1 aromatic heterocycles. The molecule has 1 unspecified atom stereocenters. The van der Waals surface area contributed by atoms with Gasteiger partial charge in [-0.3, -0.25) is 4.98 Å². The molecule has 112 valence electrons. The lowest BCUT2D eigenvalue weighted by atomic mass is 10.00. The van der Waals surface area contributed by atoms with Gasteiger partial charge in [0.1, 0.15) is 5.75 Å². The number of hydrogen-bond donors (Lipinski definition) is 1. The summed E-state index contributed by atoms with van der Waals surface area (Å²) in [6, 6.07) is 12.7. The Morgan fingerprint density at radius 2 is 1.95 bits per heavy atom. The highest BCUT2D eigenvalue weighted by atomic mass is 16.5. The Labute approximate surface area is 127 Å². The lowest BCUT2D eigenvalue weighted by Crippen LogP contribution is -2.24. The first kappa shape index (κ1) is 15.5. The van der Waals surface area contributed by atoms with Crippen LogP contribution in [0.5, 0.6) is 5.75 Å². The van der Waals surface area contributed by atoms with Crippen molar-refractivity contribution < 1.29 is 4.74 Å². The number of pyridine rings is 1. The fourth-order valence-electron chi connectivity index (χ4n) is 2.42. The van der Waals surface area contributed by atoms with Crippen LogP contribution in [0.4, 0.5) is 0 Å². The second kappa shape index (κ2) is 7.79. The van der Waals surface area contributed by atoms with Gasteiger partial charge < -0.3 is 10.1 Å². The molecule has 1 heterocycles. The zero-order chi connectivity index (χ0) is 15.1. The van der Waals surface area contributed by atoms with E-state index in [0.29, 0.717) is 6.61 Å². The van der Waals surface area contributed by atoms with Crippen molar-refractivity contribution >= 4 is 0 Å². The highest BCUT2D eigenvalue weighted by molar-refractivity contribution is 5.36. The number of hydrogen-bond acceptors (Lipinski definition) is 3. The molecule has 2 aromatic rings. The van der Waals surface area contributed by atoms with Crippen LogP contribution in [-0.4, -0.2) is 18.1 Å². The van der Waals surface area contributed by atoms with Crippen LogP contribution in [0, 0.1) is 6.92 Å². The van der Waals surface area contributed by atoms with Crippen LogP contribution < -0.4 is 10.1 Å². The molecule has 3 heteroatoms. The van der Waals surface area contributed by atoms with Gasteiger partial charge in [-0.1, -0.05) is 31.2 Å². The predicted molar refractivity (Wildman–Crippen MR) is 86.7 cm³/mol. The van der Waals surface area contributed by atoms with Crippen LogP contribution in [0.15, 0.2) is 42.6 Å². The monoisotopic (exact) mass is 284 g/mol. The quantitative estimate of drug-likeness (QED) is 0.842. The molecule has 0 bridgehead atoms. The summed E-state index contributed by atoms with van der Waals surface area (Å²) in [4.78, 5) is 4.52. The summed E-state index contributed by atoms with van der Waals surface area (Å²) in [5.41, 5.74) is 3.48. The maximum Gasteiger partial charge on any atom is 0.124 e. The third kappa shape index (κ3) is 4.30. The molecule has 1 atom stereocenters. The largest absolute Gasteiger partial charge is 0.494 e. The first-order chi connectivity index (χ1) is 10.2. The van der Waals surface area contributed by atoms with Crippen LogP contribution in [0.1, 0.15) is 36.7 Å². The average Bonchev–Trinajstić information content (AvgIpc) is 2.50. The molecule has 0 radical (unpaired) electrons. The molecule has 0 spiro atoms. The summed E-state index contributed by atoms with van der Waals surface area (Å²) < 4.78 is 5.76. The Balaban J connectivity index is 2.24. The van der Waals surface area contributed by atoms with Gasteiger partial charge in [-0.05, 0) is 38.1 Å². The van der Waals surface area contributed by atoms with Gasteiger partial charge in [-0.2, -0.15) is 0 Å². The second-order valence-corrected chi connectivity index (χ2v) is 5.11. The van der Waals surface area contributed by atoms with Gasteiger partial charge in [0.2, 0.25) is 0 Å². The van der Waals surface area contributed by atoms with E-state index >= 15 is 0 Å². The maximum absolute atomic E-state index is 5.76. The number of nitrogens with one attached hydrogen (secondary N) is 1. The highest BCUT2D eigenvalue weighted by Gasteiger charge is 2.16. The van der Waals surface area contributed by atoms with Crippen molar-refractivity contribution in [1.29, 1.82) is 0 Å². The van der Waals surface area contributed by atoms with Crippen LogP contribution >= 0.6 is 0 Å². The Kier molecular flexibility index (Phi) is 5.76. The molecular weight excluding hydrogens is 260 g/mol. The minimum Gasteiger partial charge on any atom is -0.494 e. The molecule has 21 heavy (non-hydrogen) atoms. The second-order valence-electron chi connectivity index (χ2n) is 5.11. The van der Waals surface area contributed by atoms with Gasteiger partial charge in [-0.25, -0.2) is 0 Å². The van der Waals surface area contributed by atoms with Gasteiger partial charge >= 0.3 is 0 Å². The summed E-state index contributed by atoms with van der Waals surface area (Å²) in [6.07, 6.45) is 2.78. The molecule has 0 amide bonds. The zero-order valence-electron chi connectivity index (χ0n) is 13.1. The van der Waals surface area contributed by atoms with Gasteiger partial charge in [0, 0.05) is 29.9 Å². The maximum atomic E-state index is 5.76. The Hall–Kier alpha value is -1.87. The van der Waals surface area contributed by atoms with E-state index in [1.807, 2.05) is 25.3 Å². The third-order valence-corrected chi connectivity index (χ3v) is 3.43. The number of likely N-dealkylation sites (N-methyl/N-ethyl adjacent to an activating group) is 1. The zero-order valence-corrected chi connectivity index (χ0v) is 13.1. The molecule has 1 N–H and O–H groups in total. The number of rotatable bonds is 7. The molecule has 0 aliphatic heterocycles. The number of nitrogens with zero attached hydrogens (tertiary/aromatic N) is 1. The smallest absolute Gasteiger partial charge is 0.124 e. The first-order valence-corrected chi connectivity index (χ1v) is 7.61. The lowest BCUT2D eigenvalue weighted by molar-refractivity contribution is 0.331. The van der Waals surface area contributed by atoms with E-state index < -0.39 is 0 Å². The average molecular weight is 284 g/mol. The topological polar surface area (TPSA) is 34.2 Å². The van der Waals surface area contributed by atoms with Gasteiger partial charge in [0.25, 0.3) is 0 Å². The molecule has 0 aliphatic rings. The molecule has 3 nitrogen and oxygen atoms in total. The van der Waals surface area contributed by atoms with E-state index in [4.69, 9.17) is 4.74 Å². The number of para-hydroxylation sites is 1. The third-order valence-electron chi connectivity index (χ3n) is 3.43. The van der Waals surface area contributed by atoms with Crippen LogP contribution in [0.2, 0.25) is 0 Å². The summed E-state index contributed by atoms with van der Waals surface area (Å²) in [5.74, 6) is 0.957. The summed E-state index contributed by atoms with van der Waals surface area (Å²) >= 11 is 0. The minimum absolute atomic E-state index is 0.216. The number of benzene rings is 1. The van der Waals surface area contributed by atoms with Crippen molar-refractivity contribution in [2.75, 3.05) is 13.2 Å². The van der Waals surface area contributed by atoms with Crippen LogP contribution in [-0.2, 0) is 6.42 Å². The van der Waals surface area contributed by atoms with E-state index in [-0.39, 0.29) is 6.04 Å². The molecule has 0 saturated carbocycles. The van der Waals surface area contributed by atoms with Crippen molar-refractivity contribution in [2.24, 2.45) is 0 Å². The van der Waals surface area contributed by atoms with Gasteiger partial charge in [0.05, 0.1) is 6.61 Å². The molecule has 1 aromatic carbocycles. The lowest BCUT2D eigenvalue weighted by Gasteiger charge is -2.21. The Morgan fingerprint density at radius 1 is 1.14 bits per heavy atom. The van der Waals surface area contributed by atoms with E-state index in [0.717, 1.165) is 24.4 Å². The van der Waals surface area contributed by atoms with E-state index in [2.05, 4.69) is 48.4 Å². The predicted octanol–water partition coefficient (Wildman–Crippen LogP) is 3.68.